The molecule has 2 nitrogen and oxygen atoms in total. The zero-order chi connectivity index (χ0) is 6.97. The zero-order valence-corrected chi connectivity index (χ0v) is 5.85. The zero-order valence-electron chi connectivity index (χ0n) is 5.85. The molecule has 0 aromatic heterocycles. The van der Waals surface area contributed by atoms with Crippen molar-refractivity contribution in [2.45, 2.75) is 6.92 Å². The monoisotopic (exact) mass is 135 g/mol. The van der Waals surface area contributed by atoms with Gasteiger partial charge in [-0.3, -0.25) is 0 Å². The first kappa shape index (κ1) is 5.59. The molecule has 0 saturated carbocycles. The van der Waals surface area contributed by atoms with Gasteiger partial charge >= 0.3 is 0 Å². The normalized spacial score (nSPS) is 11.7. The van der Waals surface area contributed by atoms with Crippen molar-refractivity contribution in [3.63, 3.8) is 0 Å². The highest BCUT2D eigenvalue weighted by Crippen LogP contribution is 2.50. The van der Waals surface area contributed by atoms with E-state index in [4.69, 9.17) is 4.74 Å². The third-order valence-corrected chi connectivity index (χ3v) is 1.52. The number of rotatable bonds is 2. The lowest BCUT2D eigenvalue weighted by Crippen LogP contribution is -1.93. The van der Waals surface area contributed by atoms with Crippen molar-refractivity contribution in [2.75, 3.05) is 11.9 Å². The van der Waals surface area contributed by atoms with E-state index in [-0.39, 0.29) is 0 Å². The van der Waals surface area contributed by atoms with Gasteiger partial charge in [-0.1, -0.05) is 6.07 Å². The van der Waals surface area contributed by atoms with Gasteiger partial charge in [0.05, 0.1) is 5.69 Å². The highest BCUT2D eigenvalue weighted by molar-refractivity contribution is 5.72. The van der Waals surface area contributed by atoms with Crippen LogP contribution in [0.3, 0.4) is 0 Å². The van der Waals surface area contributed by atoms with Crippen LogP contribution in [-0.4, -0.2) is 6.54 Å². The Hall–Kier alpha value is -1.18. The first-order chi connectivity index (χ1) is 4.92. The molecule has 0 bridgehead atoms. The number of benzene rings is 1. The molecular weight excluding hydrogens is 126 g/mol. The topological polar surface area (TPSA) is 24.6 Å². The second-order valence-corrected chi connectivity index (χ2v) is 2.27. The Morgan fingerprint density at radius 3 is 3.20 bits per heavy atom. The minimum atomic E-state index is 0.944. The number of nitrogens with one attached hydrogen (secondary N) is 1. The SMILES string of the molecule is CCNc1cccc2c1O2. The fourth-order valence-electron chi connectivity index (χ4n) is 1.02. The van der Waals surface area contributed by atoms with E-state index in [1.165, 1.54) is 0 Å². The molecule has 1 heterocycles. The van der Waals surface area contributed by atoms with Crippen LogP contribution in [-0.2, 0) is 0 Å². The summed E-state index contributed by atoms with van der Waals surface area (Å²) >= 11 is 0. The van der Waals surface area contributed by atoms with Crippen molar-refractivity contribution < 1.29 is 4.74 Å². The molecule has 1 aromatic carbocycles. The summed E-state index contributed by atoms with van der Waals surface area (Å²) < 4.78 is 5.16. The summed E-state index contributed by atoms with van der Waals surface area (Å²) in [6.07, 6.45) is 0. The van der Waals surface area contributed by atoms with Gasteiger partial charge in [-0.05, 0) is 19.1 Å². The predicted octanol–water partition coefficient (Wildman–Crippen LogP) is 2.22. The lowest BCUT2D eigenvalue weighted by Gasteiger charge is -1.96. The number of fused-ring (bicyclic) bond motifs is 1. The molecule has 0 atom stereocenters. The van der Waals surface area contributed by atoms with Gasteiger partial charge in [-0.15, -0.1) is 0 Å². The van der Waals surface area contributed by atoms with E-state index in [0.29, 0.717) is 0 Å². The van der Waals surface area contributed by atoms with E-state index in [0.717, 1.165) is 23.7 Å². The first-order valence-electron chi connectivity index (χ1n) is 3.46. The molecule has 2 heteroatoms. The van der Waals surface area contributed by atoms with Crippen LogP contribution in [0, 0.1) is 0 Å². The Morgan fingerprint density at radius 2 is 2.40 bits per heavy atom. The predicted molar refractivity (Wildman–Crippen MR) is 40.7 cm³/mol. The smallest absolute Gasteiger partial charge is 0.193 e. The van der Waals surface area contributed by atoms with Crippen molar-refractivity contribution in [1.29, 1.82) is 0 Å². The Morgan fingerprint density at radius 1 is 1.50 bits per heavy atom. The van der Waals surface area contributed by atoms with Crippen molar-refractivity contribution in [1.82, 2.24) is 0 Å². The van der Waals surface area contributed by atoms with Crippen LogP contribution in [0.2, 0.25) is 0 Å². The molecule has 2 rings (SSSR count). The molecule has 0 amide bonds. The van der Waals surface area contributed by atoms with Gasteiger partial charge in [0, 0.05) is 6.54 Å². The number of hydrogen-bond donors (Lipinski definition) is 1. The Labute approximate surface area is 59.8 Å². The van der Waals surface area contributed by atoms with Gasteiger partial charge in [-0.25, -0.2) is 0 Å². The van der Waals surface area contributed by atoms with Crippen molar-refractivity contribution in [3.05, 3.63) is 18.2 Å². The maximum absolute atomic E-state index is 5.16. The van der Waals surface area contributed by atoms with Crippen LogP contribution in [0.25, 0.3) is 0 Å². The third-order valence-electron chi connectivity index (χ3n) is 1.52. The second kappa shape index (κ2) is 1.90. The van der Waals surface area contributed by atoms with Crippen molar-refractivity contribution >= 4 is 5.69 Å². The maximum Gasteiger partial charge on any atom is 0.193 e. The number of anilines is 1. The number of para-hydroxylation sites is 1. The van der Waals surface area contributed by atoms with E-state index in [1.807, 2.05) is 18.2 Å². The van der Waals surface area contributed by atoms with Gasteiger partial charge in [0.15, 0.2) is 11.5 Å². The molecule has 1 N–H and O–H groups in total. The molecule has 0 unspecified atom stereocenters. The maximum atomic E-state index is 5.16. The summed E-state index contributed by atoms with van der Waals surface area (Å²) in [7, 11) is 0. The molecule has 52 valence electrons. The summed E-state index contributed by atoms with van der Waals surface area (Å²) in [6.45, 7) is 3.02. The Bertz CT molecular complexity index is 257. The molecule has 0 radical (unpaired) electrons. The summed E-state index contributed by atoms with van der Waals surface area (Å²) in [5.74, 6) is 2.03. The molecule has 0 spiro atoms. The molecule has 1 aliphatic rings. The number of hydrogen-bond acceptors (Lipinski definition) is 2. The quantitative estimate of drug-likeness (QED) is 0.638. The second-order valence-electron chi connectivity index (χ2n) is 2.27. The molecular formula is C8H9NO. The van der Waals surface area contributed by atoms with Gasteiger partial charge in [0.2, 0.25) is 0 Å². The van der Waals surface area contributed by atoms with Crippen molar-refractivity contribution in [3.8, 4) is 11.5 Å². The van der Waals surface area contributed by atoms with Crippen LogP contribution >= 0.6 is 0 Å². The fourth-order valence-corrected chi connectivity index (χ4v) is 1.02. The highest BCUT2D eigenvalue weighted by atomic mass is 16.6. The molecule has 0 aliphatic carbocycles. The highest BCUT2D eigenvalue weighted by Gasteiger charge is 2.22. The summed E-state index contributed by atoms with van der Waals surface area (Å²) in [5.41, 5.74) is 1.11. The van der Waals surface area contributed by atoms with Crippen LogP contribution < -0.4 is 10.1 Å². The molecule has 0 fully saturated rings. The first-order valence-corrected chi connectivity index (χ1v) is 3.46. The van der Waals surface area contributed by atoms with Gasteiger partial charge < -0.3 is 10.1 Å². The summed E-state index contributed by atoms with van der Waals surface area (Å²) in [4.78, 5) is 0. The van der Waals surface area contributed by atoms with Gasteiger partial charge in [0.25, 0.3) is 0 Å². The summed E-state index contributed by atoms with van der Waals surface area (Å²) in [5, 5.41) is 3.20. The van der Waals surface area contributed by atoms with Gasteiger partial charge in [0.1, 0.15) is 0 Å². The lowest BCUT2D eigenvalue weighted by molar-refractivity contribution is 0.650. The molecule has 1 aromatic rings. The third kappa shape index (κ3) is 0.727. The van der Waals surface area contributed by atoms with E-state index >= 15 is 0 Å². The fraction of sp³-hybridized carbons (Fsp3) is 0.250. The van der Waals surface area contributed by atoms with Crippen LogP contribution in [0.5, 0.6) is 11.5 Å². The molecule has 0 saturated heterocycles. The molecule has 10 heavy (non-hydrogen) atoms. The largest absolute Gasteiger partial charge is 0.447 e. The van der Waals surface area contributed by atoms with Crippen LogP contribution in [0.4, 0.5) is 5.69 Å². The van der Waals surface area contributed by atoms with E-state index in [1.54, 1.807) is 0 Å². The lowest BCUT2D eigenvalue weighted by atomic mass is 10.3. The number of ether oxygens (including phenoxy) is 1. The average Bonchev–Trinajstić information content (AvgIpc) is 2.67. The minimum Gasteiger partial charge on any atom is -0.447 e. The molecule has 1 aliphatic heterocycles. The Kier molecular flexibility index (Phi) is 1.07. The average molecular weight is 135 g/mol. The van der Waals surface area contributed by atoms with Crippen molar-refractivity contribution in [2.24, 2.45) is 0 Å². The van der Waals surface area contributed by atoms with E-state index in [2.05, 4.69) is 12.2 Å². The van der Waals surface area contributed by atoms with Crippen LogP contribution in [0.1, 0.15) is 6.92 Å². The minimum absolute atomic E-state index is 0.944. The standard InChI is InChI=1S/C8H9NO/c1-2-9-6-4-3-5-7-8(6)10-7/h3-5,9H,2H2,1H3. The van der Waals surface area contributed by atoms with Gasteiger partial charge in [-0.2, -0.15) is 0 Å². The van der Waals surface area contributed by atoms with Crippen LogP contribution in [0.15, 0.2) is 18.2 Å². The van der Waals surface area contributed by atoms with E-state index in [9.17, 15) is 0 Å². The Balaban J connectivity index is 2.29. The van der Waals surface area contributed by atoms with E-state index < -0.39 is 0 Å². The summed E-state index contributed by atoms with van der Waals surface area (Å²) in [6, 6.07) is 5.98.